The van der Waals surface area contributed by atoms with E-state index in [2.05, 4.69) is 5.32 Å². The van der Waals surface area contributed by atoms with Crippen LogP contribution in [0.2, 0.25) is 5.02 Å². The first kappa shape index (κ1) is 15.2. The molecule has 1 aliphatic rings. The van der Waals surface area contributed by atoms with Crippen LogP contribution in [0.25, 0.3) is 0 Å². The summed E-state index contributed by atoms with van der Waals surface area (Å²) in [5.74, 6) is -0.370. The largest absolute Gasteiger partial charge is 0.348 e. The van der Waals surface area contributed by atoms with Crippen molar-refractivity contribution in [3.8, 4) is 0 Å². The van der Waals surface area contributed by atoms with Crippen molar-refractivity contribution < 1.29 is 14.5 Å². The summed E-state index contributed by atoms with van der Waals surface area (Å²) in [4.78, 5) is 35.2. The highest BCUT2D eigenvalue weighted by atomic mass is 35.5. The summed E-state index contributed by atoms with van der Waals surface area (Å²) in [6.07, 6.45) is 0.937. The van der Waals surface area contributed by atoms with Gasteiger partial charge in [-0.15, -0.1) is 0 Å². The molecule has 2 amide bonds. The third-order valence-corrected chi connectivity index (χ3v) is 3.69. The Hall–Kier alpha value is -2.15. The quantitative estimate of drug-likeness (QED) is 0.678. The number of carbonyl (C=O) groups is 2. The van der Waals surface area contributed by atoms with Crippen molar-refractivity contribution in [2.45, 2.75) is 18.9 Å². The van der Waals surface area contributed by atoms with Crippen molar-refractivity contribution in [2.24, 2.45) is 0 Å². The van der Waals surface area contributed by atoms with E-state index in [1.54, 1.807) is 11.9 Å². The van der Waals surface area contributed by atoms with Crippen molar-refractivity contribution in [3.05, 3.63) is 38.9 Å². The maximum Gasteiger partial charge on any atom is 0.288 e. The van der Waals surface area contributed by atoms with E-state index in [4.69, 9.17) is 11.6 Å². The van der Waals surface area contributed by atoms with Crippen LogP contribution in [0.15, 0.2) is 18.2 Å². The number of amides is 2. The first-order chi connectivity index (χ1) is 9.88. The second-order valence-electron chi connectivity index (χ2n) is 4.91. The number of nitro benzene ring substituents is 1. The number of nitrogens with one attached hydrogen (secondary N) is 1. The predicted octanol–water partition coefficient (Wildman–Crippen LogP) is 1.60. The monoisotopic (exact) mass is 311 g/mol. The van der Waals surface area contributed by atoms with Crippen molar-refractivity contribution in [1.29, 1.82) is 0 Å². The molecular weight excluding hydrogens is 298 g/mol. The third kappa shape index (κ3) is 3.49. The van der Waals surface area contributed by atoms with E-state index in [1.165, 1.54) is 12.1 Å². The standard InChI is InChI=1S/C13H14ClN3O4/c1-16-7-9(3-5-12(16)18)15-13(19)8-2-4-10(14)11(6-8)17(20)21/h2,4,6,9H,3,5,7H2,1H3,(H,15,19). The van der Waals surface area contributed by atoms with E-state index in [1.807, 2.05) is 0 Å². The van der Waals surface area contributed by atoms with Gasteiger partial charge in [0.15, 0.2) is 0 Å². The van der Waals surface area contributed by atoms with Crippen LogP contribution in [0.5, 0.6) is 0 Å². The molecular formula is C13H14ClN3O4. The Kier molecular flexibility index (Phi) is 4.42. The van der Waals surface area contributed by atoms with E-state index in [0.29, 0.717) is 19.4 Å². The summed E-state index contributed by atoms with van der Waals surface area (Å²) in [5, 5.41) is 13.6. The summed E-state index contributed by atoms with van der Waals surface area (Å²) < 4.78 is 0. The second-order valence-corrected chi connectivity index (χ2v) is 5.31. The van der Waals surface area contributed by atoms with Crippen LogP contribution in [-0.4, -0.2) is 41.3 Å². The Bertz CT molecular complexity index is 605. The van der Waals surface area contributed by atoms with E-state index in [-0.39, 0.29) is 28.2 Å². The number of likely N-dealkylation sites (tertiary alicyclic amines) is 1. The molecule has 1 aromatic carbocycles. The fraction of sp³-hybridized carbons (Fsp3) is 0.385. The van der Waals surface area contributed by atoms with E-state index in [0.717, 1.165) is 6.07 Å². The number of halogens is 1. The van der Waals surface area contributed by atoms with Gasteiger partial charge in [0.1, 0.15) is 5.02 Å². The maximum absolute atomic E-state index is 12.1. The molecule has 7 nitrogen and oxygen atoms in total. The number of carbonyl (C=O) groups excluding carboxylic acids is 2. The highest BCUT2D eigenvalue weighted by Gasteiger charge is 2.25. The average molecular weight is 312 g/mol. The summed E-state index contributed by atoms with van der Waals surface area (Å²) in [5.41, 5.74) is -0.133. The highest BCUT2D eigenvalue weighted by Crippen LogP contribution is 2.25. The molecule has 2 rings (SSSR count). The van der Waals surface area contributed by atoms with Gasteiger partial charge in [0.2, 0.25) is 5.91 Å². The lowest BCUT2D eigenvalue weighted by Gasteiger charge is -2.30. The average Bonchev–Trinajstić information content (AvgIpc) is 2.43. The number of rotatable bonds is 3. The molecule has 1 heterocycles. The number of nitro groups is 1. The molecule has 1 saturated heterocycles. The maximum atomic E-state index is 12.1. The second kappa shape index (κ2) is 6.09. The van der Waals surface area contributed by atoms with Gasteiger partial charge in [-0.05, 0) is 18.6 Å². The number of piperidine rings is 1. The van der Waals surface area contributed by atoms with E-state index in [9.17, 15) is 19.7 Å². The minimum Gasteiger partial charge on any atom is -0.348 e. The Morgan fingerprint density at radius 1 is 1.52 bits per heavy atom. The summed E-state index contributed by atoms with van der Waals surface area (Å²) in [6.45, 7) is 0.431. The van der Waals surface area contributed by atoms with Crippen molar-refractivity contribution >= 4 is 29.1 Å². The molecule has 1 unspecified atom stereocenters. The summed E-state index contributed by atoms with van der Waals surface area (Å²) >= 11 is 5.71. The number of likely N-dealkylation sites (N-methyl/N-ethyl adjacent to an activating group) is 1. The molecule has 8 heteroatoms. The van der Waals surface area contributed by atoms with Gasteiger partial charge < -0.3 is 10.2 Å². The zero-order valence-corrected chi connectivity index (χ0v) is 12.1. The van der Waals surface area contributed by atoms with Crippen LogP contribution >= 0.6 is 11.6 Å². The summed E-state index contributed by atoms with van der Waals surface area (Å²) in [6, 6.07) is 3.75. The van der Waals surface area contributed by atoms with Gasteiger partial charge in [0.25, 0.3) is 11.6 Å². The topological polar surface area (TPSA) is 92.6 Å². The van der Waals surface area contributed by atoms with Gasteiger partial charge in [0.05, 0.1) is 4.92 Å². The van der Waals surface area contributed by atoms with Crippen molar-refractivity contribution in [3.63, 3.8) is 0 Å². The van der Waals surface area contributed by atoms with Gasteiger partial charge in [-0.1, -0.05) is 11.6 Å². The fourth-order valence-electron chi connectivity index (χ4n) is 2.19. The van der Waals surface area contributed by atoms with Gasteiger partial charge >= 0.3 is 0 Å². The minimum absolute atomic E-state index is 0.0143. The van der Waals surface area contributed by atoms with Gasteiger partial charge in [0, 0.05) is 37.7 Å². The Morgan fingerprint density at radius 2 is 2.24 bits per heavy atom. The molecule has 0 radical (unpaired) electrons. The Balaban J connectivity index is 2.09. The lowest BCUT2D eigenvalue weighted by atomic mass is 10.0. The third-order valence-electron chi connectivity index (χ3n) is 3.37. The molecule has 112 valence electrons. The van der Waals surface area contributed by atoms with E-state index < -0.39 is 10.8 Å². The van der Waals surface area contributed by atoms with Crippen LogP contribution in [0, 0.1) is 10.1 Å². The first-order valence-electron chi connectivity index (χ1n) is 6.37. The lowest BCUT2D eigenvalue weighted by Crippen LogP contribution is -2.48. The fourth-order valence-corrected chi connectivity index (χ4v) is 2.38. The normalized spacial score (nSPS) is 18.5. The zero-order valence-electron chi connectivity index (χ0n) is 11.3. The van der Waals surface area contributed by atoms with Crippen molar-refractivity contribution in [1.82, 2.24) is 10.2 Å². The minimum atomic E-state index is -0.633. The van der Waals surface area contributed by atoms with Crippen LogP contribution in [-0.2, 0) is 4.79 Å². The molecule has 0 spiro atoms. The Morgan fingerprint density at radius 3 is 2.86 bits per heavy atom. The zero-order chi connectivity index (χ0) is 15.6. The lowest BCUT2D eigenvalue weighted by molar-refractivity contribution is -0.384. The smallest absolute Gasteiger partial charge is 0.288 e. The number of hydrogen-bond donors (Lipinski definition) is 1. The first-order valence-corrected chi connectivity index (χ1v) is 6.75. The van der Waals surface area contributed by atoms with Crippen LogP contribution in [0.3, 0.4) is 0 Å². The predicted molar refractivity (Wildman–Crippen MR) is 76.2 cm³/mol. The van der Waals surface area contributed by atoms with E-state index >= 15 is 0 Å². The highest BCUT2D eigenvalue weighted by molar-refractivity contribution is 6.32. The SMILES string of the molecule is CN1CC(NC(=O)c2ccc(Cl)c([N+](=O)[O-])c2)CCC1=O. The molecule has 0 saturated carbocycles. The number of nitrogens with zero attached hydrogens (tertiary/aromatic N) is 2. The molecule has 0 aromatic heterocycles. The molecule has 1 N–H and O–H groups in total. The molecule has 0 bridgehead atoms. The molecule has 1 fully saturated rings. The van der Waals surface area contributed by atoms with Gasteiger partial charge in [-0.2, -0.15) is 0 Å². The van der Waals surface area contributed by atoms with Crippen molar-refractivity contribution in [2.75, 3.05) is 13.6 Å². The Labute approximate surface area is 126 Å². The molecule has 1 aliphatic heterocycles. The van der Waals surface area contributed by atoms with Crippen LogP contribution in [0.1, 0.15) is 23.2 Å². The molecule has 0 aliphatic carbocycles. The molecule has 21 heavy (non-hydrogen) atoms. The van der Waals surface area contributed by atoms with Gasteiger partial charge in [-0.3, -0.25) is 19.7 Å². The summed E-state index contributed by atoms with van der Waals surface area (Å²) in [7, 11) is 1.67. The number of hydrogen-bond acceptors (Lipinski definition) is 4. The number of benzene rings is 1. The van der Waals surface area contributed by atoms with Gasteiger partial charge in [-0.25, -0.2) is 0 Å². The van der Waals surface area contributed by atoms with Crippen LogP contribution in [0.4, 0.5) is 5.69 Å². The van der Waals surface area contributed by atoms with Crippen LogP contribution < -0.4 is 5.32 Å². The molecule has 1 aromatic rings. The molecule has 1 atom stereocenters.